The number of carbonyl (C=O) groups is 2. The molecule has 1 aromatic rings. The topological polar surface area (TPSA) is 67.2 Å². The van der Waals surface area contributed by atoms with Crippen molar-refractivity contribution in [3.63, 3.8) is 0 Å². The third-order valence-corrected chi connectivity index (χ3v) is 2.53. The highest BCUT2D eigenvalue weighted by molar-refractivity contribution is 7.80. The van der Waals surface area contributed by atoms with E-state index in [0.29, 0.717) is 28.9 Å². The van der Waals surface area contributed by atoms with Crippen LogP contribution in [0.3, 0.4) is 0 Å². The molecule has 88 valence electrons. The Morgan fingerprint density at radius 2 is 2.29 bits per heavy atom. The lowest BCUT2D eigenvalue weighted by molar-refractivity contribution is -0.142. The van der Waals surface area contributed by atoms with Crippen LogP contribution in [-0.4, -0.2) is 18.9 Å². The molecule has 0 spiro atoms. The van der Waals surface area contributed by atoms with Crippen LogP contribution >= 0.6 is 12.6 Å². The van der Waals surface area contributed by atoms with Gasteiger partial charge in [-0.15, -0.1) is 12.6 Å². The molecule has 17 heavy (non-hydrogen) atoms. The van der Waals surface area contributed by atoms with Gasteiger partial charge in [0.25, 0.3) is 0 Å². The number of esters is 1. The Balaban J connectivity index is 3.07. The molecular weight excluding hydrogens is 238 g/mol. The predicted molar refractivity (Wildman–Crippen MR) is 64.1 cm³/mol. The smallest absolute Gasteiger partial charge is 0.310 e. The van der Waals surface area contributed by atoms with Gasteiger partial charge in [0.1, 0.15) is 0 Å². The highest BCUT2D eigenvalue weighted by atomic mass is 32.1. The van der Waals surface area contributed by atoms with E-state index in [4.69, 9.17) is 10.00 Å². The van der Waals surface area contributed by atoms with Gasteiger partial charge in [0, 0.05) is 10.5 Å². The lowest BCUT2D eigenvalue weighted by atomic mass is 10.0. The number of benzene rings is 1. The lowest BCUT2D eigenvalue weighted by Gasteiger charge is -2.06. The number of rotatable bonds is 4. The number of carbonyl (C=O) groups excluding carboxylic acids is 2. The number of aldehydes is 1. The van der Waals surface area contributed by atoms with Gasteiger partial charge in [-0.2, -0.15) is 5.26 Å². The summed E-state index contributed by atoms with van der Waals surface area (Å²) in [7, 11) is 0. The second-order valence-electron chi connectivity index (χ2n) is 3.28. The van der Waals surface area contributed by atoms with Gasteiger partial charge in [-0.3, -0.25) is 9.59 Å². The molecule has 0 atom stereocenters. The van der Waals surface area contributed by atoms with Crippen molar-refractivity contribution in [3.05, 3.63) is 28.8 Å². The Hall–Kier alpha value is -1.80. The first-order valence-corrected chi connectivity index (χ1v) is 5.43. The number of hydrogen-bond acceptors (Lipinski definition) is 5. The molecule has 0 fully saturated rings. The second kappa shape index (κ2) is 6.06. The molecule has 0 saturated carbocycles. The van der Waals surface area contributed by atoms with Gasteiger partial charge in [0.15, 0.2) is 6.29 Å². The average Bonchev–Trinajstić information content (AvgIpc) is 2.29. The Labute approximate surface area is 105 Å². The van der Waals surface area contributed by atoms with Crippen LogP contribution in [0.25, 0.3) is 0 Å². The Morgan fingerprint density at radius 3 is 2.82 bits per heavy atom. The molecule has 0 aliphatic carbocycles. The summed E-state index contributed by atoms with van der Waals surface area (Å²) in [6.07, 6.45) is 0.626. The molecule has 0 radical (unpaired) electrons. The summed E-state index contributed by atoms with van der Waals surface area (Å²) >= 11 is 4.12. The van der Waals surface area contributed by atoms with Crippen LogP contribution in [0.4, 0.5) is 0 Å². The van der Waals surface area contributed by atoms with Crippen molar-refractivity contribution in [2.75, 3.05) is 6.61 Å². The number of thiol groups is 1. The van der Waals surface area contributed by atoms with Gasteiger partial charge >= 0.3 is 5.97 Å². The van der Waals surface area contributed by atoms with Crippen molar-refractivity contribution in [2.24, 2.45) is 0 Å². The summed E-state index contributed by atoms with van der Waals surface area (Å²) in [6, 6.07) is 4.91. The summed E-state index contributed by atoms with van der Waals surface area (Å²) in [5.74, 6) is -0.407. The van der Waals surface area contributed by atoms with E-state index in [9.17, 15) is 9.59 Å². The fourth-order valence-electron chi connectivity index (χ4n) is 1.36. The minimum absolute atomic E-state index is 0.00340. The van der Waals surface area contributed by atoms with E-state index >= 15 is 0 Å². The van der Waals surface area contributed by atoms with E-state index in [1.54, 1.807) is 13.0 Å². The van der Waals surface area contributed by atoms with Gasteiger partial charge in [0.2, 0.25) is 0 Å². The maximum absolute atomic E-state index is 11.3. The monoisotopic (exact) mass is 249 g/mol. The van der Waals surface area contributed by atoms with Crippen LogP contribution in [0.15, 0.2) is 17.0 Å². The summed E-state index contributed by atoms with van der Waals surface area (Å²) in [5, 5.41) is 8.93. The quantitative estimate of drug-likeness (QED) is 0.501. The highest BCUT2D eigenvalue weighted by Crippen LogP contribution is 2.19. The minimum atomic E-state index is -0.407. The van der Waals surface area contributed by atoms with Gasteiger partial charge < -0.3 is 4.74 Å². The summed E-state index contributed by atoms with van der Waals surface area (Å²) in [4.78, 5) is 22.4. The van der Waals surface area contributed by atoms with Crippen molar-refractivity contribution in [2.45, 2.75) is 18.2 Å². The van der Waals surface area contributed by atoms with Gasteiger partial charge in [-0.25, -0.2) is 0 Å². The molecule has 5 heteroatoms. The van der Waals surface area contributed by atoms with Gasteiger partial charge in [-0.1, -0.05) is 0 Å². The largest absolute Gasteiger partial charge is 0.466 e. The first-order chi connectivity index (χ1) is 8.12. The lowest BCUT2D eigenvalue weighted by Crippen LogP contribution is -2.09. The van der Waals surface area contributed by atoms with E-state index in [1.807, 2.05) is 6.07 Å². The molecule has 0 unspecified atom stereocenters. The van der Waals surface area contributed by atoms with Crippen molar-refractivity contribution in [1.82, 2.24) is 0 Å². The van der Waals surface area contributed by atoms with Gasteiger partial charge in [-0.05, 0) is 24.6 Å². The van der Waals surface area contributed by atoms with Crippen molar-refractivity contribution >= 4 is 24.9 Å². The van der Waals surface area contributed by atoms with Crippen LogP contribution < -0.4 is 0 Å². The van der Waals surface area contributed by atoms with Crippen LogP contribution in [-0.2, 0) is 16.0 Å². The van der Waals surface area contributed by atoms with E-state index in [0.717, 1.165) is 0 Å². The van der Waals surface area contributed by atoms with Gasteiger partial charge in [0.05, 0.1) is 24.7 Å². The summed E-state index contributed by atoms with van der Waals surface area (Å²) in [6.45, 7) is 2.00. The third-order valence-electron chi connectivity index (χ3n) is 2.14. The number of hydrogen-bond donors (Lipinski definition) is 1. The molecule has 0 amide bonds. The maximum Gasteiger partial charge on any atom is 0.310 e. The molecule has 0 aliphatic heterocycles. The van der Waals surface area contributed by atoms with Crippen molar-refractivity contribution in [1.29, 1.82) is 5.26 Å². The first-order valence-electron chi connectivity index (χ1n) is 4.99. The van der Waals surface area contributed by atoms with Crippen molar-refractivity contribution < 1.29 is 14.3 Å². The molecule has 0 aliphatic rings. The minimum Gasteiger partial charge on any atom is -0.466 e. The molecule has 0 saturated heterocycles. The van der Waals surface area contributed by atoms with E-state index in [-0.39, 0.29) is 12.0 Å². The summed E-state index contributed by atoms with van der Waals surface area (Å²) in [5.41, 5.74) is 1.14. The zero-order chi connectivity index (χ0) is 12.8. The van der Waals surface area contributed by atoms with Crippen LogP contribution in [0, 0.1) is 11.3 Å². The Bertz CT molecular complexity index is 491. The van der Waals surface area contributed by atoms with Crippen LogP contribution in [0.2, 0.25) is 0 Å². The second-order valence-corrected chi connectivity index (χ2v) is 3.76. The van der Waals surface area contributed by atoms with Crippen LogP contribution in [0.1, 0.15) is 28.4 Å². The fourth-order valence-corrected chi connectivity index (χ4v) is 1.63. The third kappa shape index (κ3) is 3.33. The number of nitriles is 1. The molecule has 0 heterocycles. The van der Waals surface area contributed by atoms with Crippen molar-refractivity contribution in [3.8, 4) is 6.07 Å². The SMILES string of the molecule is CCOC(=O)Cc1cc(S)c(C=O)cc1C#N. The maximum atomic E-state index is 11.3. The number of nitrogens with zero attached hydrogens (tertiary/aromatic N) is 1. The van der Waals surface area contributed by atoms with E-state index in [1.165, 1.54) is 6.07 Å². The normalized spacial score (nSPS) is 9.47. The zero-order valence-corrected chi connectivity index (χ0v) is 10.2. The molecular formula is C12H11NO3S. The highest BCUT2D eigenvalue weighted by Gasteiger charge is 2.11. The zero-order valence-electron chi connectivity index (χ0n) is 9.27. The standard InChI is InChI=1S/C12H11NO3S/c1-2-16-12(15)5-8-4-11(17)10(7-14)3-9(8)6-13/h3-4,7,17H,2,5H2,1H3. The van der Waals surface area contributed by atoms with E-state index < -0.39 is 5.97 Å². The fraction of sp³-hybridized carbons (Fsp3) is 0.250. The van der Waals surface area contributed by atoms with Crippen LogP contribution in [0.5, 0.6) is 0 Å². The van der Waals surface area contributed by atoms with E-state index in [2.05, 4.69) is 12.6 Å². The summed E-state index contributed by atoms with van der Waals surface area (Å²) < 4.78 is 4.80. The first kappa shape index (κ1) is 13.3. The Morgan fingerprint density at radius 1 is 1.59 bits per heavy atom. The molecule has 0 bridgehead atoms. The molecule has 0 aromatic heterocycles. The molecule has 1 rings (SSSR count). The predicted octanol–water partition coefficient (Wildman–Crippen LogP) is 1.77. The Kier molecular flexibility index (Phi) is 4.73. The molecule has 4 nitrogen and oxygen atoms in total. The molecule has 1 aromatic carbocycles. The molecule has 0 N–H and O–H groups in total. The number of ether oxygens (including phenoxy) is 1. The average molecular weight is 249 g/mol.